The van der Waals surface area contributed by atoms with Gasteiger partial charge in [-0.1, -0.05) is 96.7 Å². The molecule has 0 spiro atoms. The zero-order valence-corrected chi connectivity index (χ0v) is 26.8. The standard InChI is InChI=1S/C31H36Cl3N3O4S/c1-3-4-18-35-31(39)29(20-23-11-6-5-7-12-23)36(22-24-13-8-9-14-26(24)33)30(38)15-10-19-37(42(2,40)41)28-21-25(32)16-17-27(28)34/h5-9,11-14,16-17,21,29H,3-4,10,15,18-20,22H2,1-2H3,(H,35,39). The summed E-state index contributed by atoms with van der Waals surface area (Å²) in [5.74, 6) is -0.552. The Balaban J connectivity index is 1.90. The lowest BCUT2D eigenvalue weighted by Crippen LogP contribution is -2.50. The van der Waals surface area contributed by atoms with E-state index in [1.807, 2.05) is 49.4 Å². The van der Waals surface area contributed by atoms with Crippen LogP contribution in [0.2, 0.25) is 15.1 Å². The number of carbonyl (C=O) groups excluding carboxylic acids is 2. The third kappa shape index (κ3) is 9.90. The van der Waals surface area contributed by atoms with Gasteiger partial charge in [-0.05, 0) is 48.2 Å². The van der Waals surface area contributed by atoms with Crippen molar-refractivity contribution in [2.75, 3.05) is 23.7 Å². The Morgan fingerprint density at radius 1 is 0.905 bits per heavy atom. The van der Waals surface area contributed by atoms with Crippen LogP contribution >= 0.6 is 34.8 Å². The van der Waals surface area contributed by atoms with Gasteiger partial charge in [0.05, 0.1) is 17.0 Å². The monoisotopic (exact) mass is 651 g/mol. The summed E-state index contributed by atoms with van der Waals surface area (Å²) < 4.78 is 26.5. The first-order valence-electron chi connectivity index (χ1n) is 13.8. The van der Waals surface area contributed by atoms with E-state index >= 15 is 0 Å². The van der Waals surface area contributed by atoms with E-state index in [0.29, 0.717) is 28.6 Å². The molecule has 0 saturated carbocycles. The zero-order valence-electron chi connectivity index (χ0n) is 23.7. The molecule has 0 aliphatic rings. The van der Waals surface area contributed by atoms with Crippen molar-refractivity contribution in [3.8, 4) is 0 Å². The summed E-state index contributed by atoms with van der Waals surface area (Å²) >= 11 is 18.9. The van der Waals surface area contributed by atoms with E-state index in [-0.39, 0.29) is 48.5 Å². The molecule has 0 aliphatic carbocycles. The second-order valence-electron chi connectivity index (χ2n) is 10.00. The maximum Gasteiger partial charge on any atom is 0.243 e. The number of hydrogen-bond acceptors (Lipinski definition) is 4. The minimum absolute atomic E-state index is 0.00336. The smallest absolute Gasteiger partial charge is 0.243 e. The molecule has 1 unspecified atom stereocenters. The predicted octanol–water partition coefficient (Wildman–Crippen LogP) is 6.75. The number of anilines is 1. The van der Waals surface area contributed by atoms with Gasteiger partial charge in [-0.2, -0.15) is 0 Å². The minimum atomic E-state index is -3.73. The molecule has 42 heavy (non-hydrogen) atoms. The fourth-order valence-electron chi connectivity index (χ4n) is 4.53. The van der Waals surface area contributed by atoms with E-state index < -0.39 is 16.1 Å². The average Bonchev–Trinajstić information content (AvgIpc) is 2.95. The van der Waals surface area contributed by atoms with E-state index in [4.69, 9.17) is 34.8 Å². The van der Waals surface area contributed by atoms with Gasteiger partial charge in [0.2, 0.25) is 21.8 Å². The zero-order chi connectivity index (χ0) is 30.7. The first kappa shape index (κ1) is 33.7. The van der Waals surface area contributed by atoms with Gasteiger partial charge in [0.15, 0.2) is 0 Å². The lowest BCUT2D eigenvalue weighted by molar-refractivity contribution is -0.141. The fourth-order valence-corrected chi connectivity index (χ4v) is 6.13. The highest BCUT2D eigenvalue weighted by Gasteiger charge is 2.31. The topological polar surface area (TPSA) is 86.8 Å². The number of hydrogen-bond donors (Lipinski definition) is 1. The largest absolute Gasteiger partial charge is 0.354 e. The highest BCUT2D eigenvalue weighted by molar-refractivity contribution is 7.92. The first-order chi connectivity index (χ1) is 20.0. The normalized spacial score (nSPS) is 12.0. The molecule has 0 aromatic heterocycles. The van der Waals surface area contributed by atoms with Crippen LogP contribution in [0.5, 0.6) is 0 Å². The van der Waals surface area contributed by atoms with Gasteiger partial charge in [0, 0.05) is 42.5 Å². The highest BCUT2D eigenvalue weighted by Crippen LogP contribution is 2.31. The Kier molecular flexibility index (Phi) is 13.0. The molecule has 3 aromatic rings. The molecule has 1 N–H and O–H groups in total. The van der Waals surface area contributed by atoms with Gasteiger partial charge in [0.25, 0.3) is 0 Å². The van der Waals surface area contributed by atoms with Gasteiger partial charge in [-0.15, -0.1) is 0 Å². The maximum atomic E-state index is 13.9. The lowest BCUT2D eigenvalue weighted by atomic mass is 10.0. The Morgan fingerprint density at radius 2 is 1.60 bits per heavy atom. The SMILES string of the molecule is CCCCNC(=O)C(Cc1ccccc1)N(Cc1ccccc1Cl)C(=O)CCCN(c1cc(Cl)ccc1Cl)S(C)(=O)=O. The van der Waals surface area contributed by atoms with Crippen molar-refractivity contribution in [1.82, 2.24) is 10.2 Å². The quantitative estimate of drug-likeness (QED) is 0.184. The van der Waals surface area contributed by atoms with Gasteiger partial charge in [0.1, 0.15) is 6.04 Å². The molecule has 7 nitrogen and oxygen atoms in total. The molecule has 3 aromatic carbocycles. The summed E-state index contributed by atoms with van der Waals surface area (Å²) in [4.78, 5) is 29.0. The molecule has 1 atom stereocenters. The van der Waals surface area contributed by atoms with E-state index in [9.17, 15) is 18.0 Å². The number of benzene rings is 3. The number of nitrogens with zero attached hydrogens (tertiary/aromatic N) is 2. The number of sulfonamides is 1. The van der Waals surface area contributed by atoms with Crippen LogP contribution < -0.4 is 9.62 Å². The van der Waals surface area contributed by atoms with Crippen LogP contribution in [0, 0.1) is 0 Å². The second kappa shape index (κ2) is 16.2. The van der Waals surface area contributed by atoms with Crippen molar-refractivity contribution in [3.05, 3.63) is 99.0 Å². The van der Waals surface area contributed by atoms with Crippen LogP contribution in [0.25, 0.3) is 0 Å². The molecular weight excluding hydrogens is 617 g/mol. The molecule has 3 rings (SSSR count). The average molecular weight is 653 g/mol. The third-order valence-electron chi connectivity index (χ3n) is 6.73. The second-order valence-corrected chi connectivity index (χ2v) is 13.2. The van der Waals surface area contributed by atoms with Crippen molar-refractivity contribution in [1.29, 1.82) is 0 Å². The van der Waals surface area contributed by atoms with E-state index in [2.05, 4.69) is 5.32 Å². The number of rotatable bonds is 15. The van der Waals surface area contributed by atoms with Crippen LogP contribution in [0.1, 0.15) is 43.7 Å². The van der Waals surface area contributed by atoms with Crippen LogP contribution in [0.15, 0.2) is 72.8 Å². The summed E-state index contributed by atoms with van der Waals surface area (Å²) in [6.07, 6.45) is 3.29. The third-order valence-corrected chi connectivity index (χ3v) is 8.83. The van der Waals surface area contributed by atoms with Crippen molar-refractivity contribution < 1.29 is 18.0 Å². The Morgan fingerprint density at radius 3 is 2.26 bits per heavy atom. The molecule has 0 radical (unpaired) electrons. The van der Waals surface area contributed by atoms with Crippen molar-refractivity contribution in [2.45, 2.75) is 51.6 Å². The van der Waals surface area contributed by atoms with Crippen LogP contribution in [-0.2, 0) is 32.6 Å². The molecule has 0 heterocycles. The molecule has 0 saturated heterocycles. The minimum Gasteiger partial charge on any atom is -0.354 e. The fraction of sp³-hybridized carbons (Fsp3) is 0.355. The van der Waals surface area contributed by atoms with Crippen LogP contribution in [0.4, 0.5) is 5.69 Å². The molecule has 226 valence electrons. The van der Waals surface area contributed by atoms with E-state index in [1.165, 1.54) is 12.1 Å². The van der Waals surface area contributed by atoms with Gasteiger partial charge in [-0.3, -0.25) is 13.9 Å². The molecule has 0 aliphatic heterocycles. The molecule has 2 amide bonds. The number of unbranched alkanes of at least 4 members (excludes halogenated alkanes) is 1. The number of halogens is 3. The van der Waals surface area contributed by atoms with Crippen molar-refractivity contribution in [3.63, 3.8) is 0 Å². The highest BCUT2D eigenvalue weighted by atomic mass is 35.5. The predicted molar refractivity (Wildman–Crippen MR) is 172 cm³/mol. The molecule has 0 bridgehead atoms. The van der Waals surface area contributed by atoms with Crippen molar-refractivity contribution in [2.24, 2.45) is 0 Å². The summed E-state index contributed by atoms with van der Waals surface area (Å²) in [6, 6.07) is 20.5. The van der Waals surface area contributed by atoms with E-state index in [1.54, 1.807) is 23.1 Å². The Labute approximate surface area is 263 Å². The summed E-state index contributed by atoms with van der Waals surface area (Å²) in [5, 5.41) is 4.03. The van der Waals surface area contributed by atoms with E-state index in [0.717, 1.165) is 29.0 Å². The number of amides is 2. The molecule has 0 fully saturated rings. The van der Waals surface area contributed by atoms with Crippen LogP contribution in [-0.4, -0.2) is 50.5 Å². The Bertz CT molecular complexity index is 1450. The van der Waals surface area contributed by atoms with Crippen LogP contribution in [0.3, 0.4) is 0 Å². The molecular formula is C31H36Cl3N3O4S. The van der Waals surface area contributed by atoms with Gasteiger partial charge >= 0.3 is 0 Å². The number of carbonyl (C=O) groups is 2. The van der Waals surface area contributed by atoms with Gasteiger partial charge < -0.3 is 10.2 Å². The first-order valence-corrected chi connectivity index (χ1v) is 16.8. The van der Waals surface area contributed by atoms with Gasteiger partial charge in [-0.25, -0.2) is 8.42 Å². The summed E-state index contributed by atoms with van der Waals surface area (Å²) in [6.45, 7) is 2.65. The molecule has 11 heteroatoms. The number of nitrogens with one attached hydrogen (secondary N) is 1. The maximum absolute atomic E-state index is 13.9. The lowest BCUT2D eigenvalue weighted by Gasteiger charge is -2.32. The Hall–Kier alpha value is -2.78. The van der Waals surface area contributed by atoms with Crippen molar-refractivity contribution >= 4 is 62.3 Å². The summed E-state index contributed by atoms with van der Waals surface area (Å²) in [7, 11) is -3.73. The summed E-state index contributed by atoms with van der Waals surface area (Å²) in [5.41, 5.74) is 1.85.